The molecule has 1 aliphatic heterocycles. The van der Waals surface area contributed by atoms with Crippen molar-refractivity contribution < 1.29 is 9.53 Å². The van der Waals surface area contributed by atoms with Crippen molar-refractivity contribution in [1.29, 1.82) is 0 Å². The minimum atomic E-state index is -0.0886. The molecule has 1 aromatic heterocycles. The third kappa shape index (κ3) is 2.91. The summed E-state index contributed by atoms with van der Waals surface area (Å²) in [6.07, 6.45) is 3.32. The number of carbonyl (C=O) groups is 1. The van der Waals surface area contributed by atoms with Crippen molar-refractivity contribution in [2.75, 3.05) is 37.5 Å². The summed E-state index contributed by atoms with van der Waals surface area (Å²) in [5, 5.41) is 0.671. The number of hydrogen-bond donors (Lipinski definition) is 0. The van der Waals surface area contributed by atoms with Crippen LogP contribution in [0.2, 0.25) is 5.02 Å². The first-order valence-corrected chi connectivity index (χ1v) is 8.21. The Kier molecular flexibility index (Phi) is 4.62. The van der Waals surface area contributed by atoms with Crippen molar-refractivity contribution in [3.05, 3.63) is 46.6 Å². The molecule has 2 aromatic rings. The molecule has 0 fully saturated rings. The first kappa shape index (κ1) is 16.6. The summed E-state index contributed by atoms with van der Waals surface area (Å²) in [4.78, 5) is 21.0. The maximum absolute atomic E-state index is 13.0. The van der Waals surface area contributed by atoms with E-state index in [1.807, 2.05) is 31.1 Å². The van der Waals surface area contributed by atoms with E-state index in [0.717, 1.165) is 29.9 Å². The number of rotatable bonds is 3. The van der Waals surface area contributed by atoms with Crippen LogP contribution in [0, 0.1) is 0 Å². The number of fused-ring (bicyclic) bond motifs is 1. The van der Waals surface area contributed by atoms with E-state index < -0.39 is 0 Å². The van der Waals surface area contributed by atoms with Gasteiger partial charge in [0.15, 0.2) is 0 Å². The lowest BCUT2D eigenvalue weighted by atomic mass is 10.00. The van der Waals surface area contributed by atoms with Crippen LogP contribution >= 0.6 is 11.6 Å². The van der Waals surface area contributed by atoms with Crippen molar-refractivity contribution >= 4 is 29.0 Å². The molecule has 1 aromatic carbocycles. The molecule has 1 amide bonds. The van der Waals surface area contributed by atoms with Crippen LogP contribution in [0.3, 0.4) is 0 Å². The van der Waals surface area contributed by atoms with Crippen LogP contribution in [0.4, 0.5) is 11.5 Å². The summed E-state index contributed by atoms with van der Waals surface area (Å²) in [5.41, 5.74) is 2.29. The van der Waals surface area contributed by atoms with Gasteiger partial charge in [0.05, 0.1) is 18.4 Å². The number of nitrogens with zero attached hydrogens (tertiary/aromatic N) is 3. The number of aromatic nitrogens is 1. The molecule has 0 saturated heterocycles. The molecule has 0 bridgehead atoms. The fourth-order valence-electron chi connectivity index (χ4n) is 2.95. The zero-order chi connectivity index (χ0) is 17.3. The minimum Gasteiger partial charge on any atom is -0.495 e. The number of amides is 1. The van der Waals surface area contributed by atoms with E-state index in [9.17, 15) is 4.79 Å². The monoisotopic (exact) mass is 345 g/mol. The van der Waals surface area contributed by atoms with Gasteiger partial charge in [-0.3, -0.25) is 4.79 Å². The molecule has 2 heterocycles. The largest absolute Gasteiger partial charge is 0.495 e. The molecule has 0 saturated carbocycles. The second-order valence-electron chi connectivity index (χ2n) is 5.94. The zero-order valence-corrected chi connectivity index (χ0v) is 14.8. The van der Waals surface area contributed by atoms with Crippen molar-refractivity contribution in [3.8, 4) is 5.75 Å². The molecule has 126 valence electrons. The molecule has 24 heavy (non-hydrogen) atoms. The Balaban J connectivity index is 1.99. The van der Waals surface area contributed by atoms with Crippen molar-refractivity contribution in [3.63, 3.8) is 0 Å². The second-order valence-corrected chi connectivity index (χ2v) is 6.34. The van der Waals surface area contributed by atoms with Gasteiger partial charge in [0.1, 0.15) is 11.6 Å². The molecule has 3 rings (SSSR count). The molecular formula is C18H20ClN3O2. The third-order valence-corrected chi connectivity index (χ3v) is 4.54. The van der Waals surface area contributed by atoms with Gasteiger partial charge in [-0.25, -0.2) is 4.98 Å². The summed E-state index contributed by atoms with van der Waals surface area (Å²) < 4.78 is 5.46. The number of anilines is 2. The first-order chi connectivity index (χ1) is 11.5. The predicted octanol–water partition coefficient (Wildman–Crippen LogP) is 3.40. The highest BCUT2D eigenvalue weighted by Gasteiger charge is 2.28. The fourth-order valence-corrected chi connectivity index (χ4v) is 3.20. The Bertz CT molecular complexity index is 760. The zero-order valence-electron chi connectivity index (χ0n) is 14.0. The van der Waals surface area contributed by atoms with E-state index in [4.69, 9.17) is 16.3 Å². The van der Waals surface area contributed by atoms with Crippen LogP contribution in [0.5, 0.6) is 5.75 Å². The van der Waals surface area contributed by atoms with E-state index in [1.165, 1.54) is 0 Å². The van der Waals surface area contributed by atoms with Crippen LogP contribution < -0.4 is 14.5 Å². The van der Waals surface area contributed by atoms with Crippen LogP contribution in [0.1, 0.15) is 22.3 Å². The molecule has 1 aliphatic rings. The summed E-state index contributed by atoms with van der Waals surface area (Å²) in [6.45, 7) is 0.637. The number of halogens is 1. The molecule has 0 unspecified atom stereocenters. The van der Waals surface area contributed by atoms with E-state index in [1.54, 1.807) is 30.3 Å². The Hall–Kier alpha value is -2.27. The fraction of sp³-hybridized carbons (Fsp3) is 0.333. The lowest BCUT2D eigenvalue weighted by Crippen LogP contribution is -2.36. The summed E-state index contributed by atoms with van der Waals surface area (Å²) in [5.74, 6) is 1.39. The van der Waals surface area contributed by atoms with Crippen LogP contribution in [-0.2, 0) is 6.42 Å². The van der Waals surface area contributed by atoms with E-state index in [0.29, 0.717) is 22.9 Å². The Morgan fingerprint density at radius 3 is 2.71 bits per heavy atom. The van der Waals surface area contributed by atoms with E-state index in [2.05, 4.69) is 4.98 Å². The lowest BCUT2D eigenvalue weighted by Gasteiger charge is -2.31. The van der Waals surface area contributed by atoms with Crippen LogP contribution in [0.15, 0.2) is 30.5 Å². The van der Waals surface area contributed by atoms with E-state index >= 15 is 0 Å². The maximum Gasteiger partial charge on any atom is 0.259 e. The number of ether oxygens (including phenoxy) is 1. The number of hydrogen-bond acceptors (Lipinski definition) is 4. The van der Waals surface area contributed by atoms with Crippen molar-refractivity contribution in [2.45, 2.75) is 12.8 Å². The molecule has 0 spiro atoms. The smallest absolute Gasteiger partial charge is 0.259 e. The quantitative estimate of drug-likeness (QED) is 0.855. The number of methoxy groups -OCH3 is 1. The van der Waals surface area contributed by atoms with Gasteiger partial charge in [0.2, 0.25) is 0 Å². The van der Waals surface area contributed by atoms with Crippen LogP contribution in [0.25, 0.3) is 0 Å². The SMILES string of the molecule is COc1ccc(Cl)c2c1N(C(=O)c1ccc(N(C)C)nc1)CCC2. The van der Waals surface area contributed by atoms with Gasteiger partial charge in [-0.15, -0.1) is 0 Å². The average Bonchev–Trinajstić information content (AvgIpc) is 2.61. The number of pyridine rings is 1. The van der Waals surface area contributed by atoms with Crippen molar-refractivity contribution in [2.24, 2.45) is 0 Å². The van der Waals surface area contributed by atoms with Gasteiger partial charge in [-0.05, 0) is 42.7 Å². The van der Waals surface area contributed by atoms with Gasteiger partial charge < -0.3 is 14.5 Å². The molecule has 0 atom stereocenters. The first-order valence-electron chi connectivity index (χ1n) is 7.83. The average molecular weight is 346 g/mol. The van der Waals surface area contributed by atoms with Gasteiger partial charge in [-0.1, -0.05) is 11.6 Å². The highest BCUT2D eigenvalue weighted by Crippen LogP contribution is 2.40. The van der Waals surface area contributed by atoms with E-state index in [-0.39, 0.29) is 5.91 Å². The Labute approximate surface area is 146 Å². The predicted molar refractivity (Wildman–Crippen MR) is 96.6 cm³/mol. The minimum absolute atomic E-state index is 0.0886. The standard InChI is InChI=1S/C18H20ClN3O2/c1-21(2)16-9-6-12(11-20-16)18(23)22-10-4-5-13-14(19)7-8-15(24-3)17(13)22/h6-9,11H,4-5,10H2,1-3H3. The number of benzene rings is 1. The summed E-state index contributed by atoms with van der Waals surface area (Å²) in [6, 6.07) is 7.27. The summed E-state index contributed by atoms with van der Waals surface area (Å²) >= 11 is 6.33. The van der Waals surface area contributed by atoms with Gasteiger partial charge in [0.25, 0.3) is 5.91 Å². The third-order valence-electron chi connectivity index (χ3n) is 4.19. The van der Waals surface area contributed by atoms with Crippen LogP contribution in [-0.4, -0.2) is 38.6 Å². The van der Waals surface area contributed by atoms with Gasteiger partial charge in [0, 0.05) is 31.9 Å². The normalized spacial score (nSPS) is 13.4. The number of carbonyl (C=O) groups excluding carboxylic acids is 1. The summed E-state index contributed by atoms with van der Waals surface area (Å²) in [7, 11) is 5.43. The van der Waals surface area contributed by atoms with Gasteiger partial charge >= 0.3 is 0 Å². The molecular weight excluding hydrogens is 326 g/mol. The van der Waals surface area contributed by atoms with Crippen molar-refractivity contribution in [1.82, 2.24) is 4.98 Å². The molecule has 0 radical (unpaired) electrons. The Morgan fingerprint density at radius 1 is 1.29 bits per heavy atom. The highest BCUT2D eigenvalue weighted by atomic mass is 35.5. The molecule has 0 N–H and O–H groups in total. The maximum atomic E-state index is 13.0. The molecule has 0 aliphatic carbocycles. The highest BCUT2D eigenvalue weighted by molar-refractivity contribution is 6.32. The topological polar surface area (TPSA) is 45.7 Å². The molecule has 5 nitrogen and oxygen atoms in total. The second kappa shape index (κ2) is 6.69. The Morgan fingerprint density at radius 2 is 2.08 bits per heavy atom. The molecule has 6 heteroatoms. The van der Waals surface area contributed by atoms with Gasteiger partial charge in [-0.2, -0.15) is 0 Å². The lowest BCUT2D eigenvalue weighted by molar-refractivity contribution is 0.0984.